The third-order valence-corrected chi connectivity index (χ3v) is 2.62. The minimum atomic E-state index is 0.847. The van der Waals surface area contributed by atoms with E-state index in [4.69, 9.17) is 4.74 Å². The molecule has 1 heterocycles. The van der Waals surface area contributed by atoms with E-state index in [0.717, 1.165) is 21.5 Å². The standard InChI is InChI=1S/C12H10BrNO/c1-15-11-5-2-9(3-6-11)10-4-7-12(13)14-8-10/h2-8H,1H3. The first-order valence-corrected chi connectivity index (χ1v) is 5.35. The largest absolute Gasteiger partial charge is 0.497 e. The summed E-state index contributed by atoms with van der Waals surface area (Å²) >= 11 is 3.31. The second-order valence-corrected chi connectivity index (χ2v) is 3.91. The summed E-state index contributed by atoms with van der Waals surface area (Å²) in [4.78, 5) is 4.18. The van der Waals surface area contributed by atoms with E-state index in [1.807, 2.05) is 42.6 Å². The van der Waals surface area contributed by atoms with E-state index in [-0.39, 0.29) is 0 Å². The Labute approximate surface area is 97.1 Å². The van der Waals surface area contributed by atoms with Gasteiger partial charge in [0, 0.05) is 11.8 Å². The van der Waals surface area contributed by atoms with Crippen molar-refractivity contribution in [2.24, 2.45) is 0 Å². The van der Waals surface area contributed by atoms with E-state index in [0.29, 0.717) is 0 Å². The maximum absolute atomic E-state index is 5.10. The summed E-state index contributed by atoms with van der Waals surface area (Å²) in [5, 5.41) is 0. The van der Waals surface area contributed by atoms with Crippen molar-refractivity contribution < 1.29 is 4.74 Å². The molecule has 0 amide bonds. The fourth-order valence-electron chi connectivity index (χ4n) is 1.33. The predicted molar refractivity (Wildman–Crippen MR) is 63.9 cm³/mol. The van der Waals surface area contributed by atoms with Gasteiger partial charge in [-0.25, -0.2) is 4.98 Å². The van der Waals surface area contributed by atoms with Crippen molar-refractivity contribution >= 4 is 15.9 Å². The lowest BCUT2D eigenvalue weighted by atomic mass is 10.1. The Kier molecular flexibility index (Phi) is 3.02. The molecule has 0 unspecified atom stereocenters. The molecule has 0 saturated heterocycles. The molecule has 76 valence electrons. The van der Waals surface area contributed by atoms with Gasteiger partial charge in [0.25, 0.3) is 0 Å². The van der Waals surface area contributed by atoms with Gasteiger partial charge in [-0.3, -0.25) is 0 Å². The van der Waals surface area contributed by atoms with Crippen LogP contribution in [0.4, 0.5) is 0 Å². The highest BCUT2D eigenvalue weighted by Crippen LogP contribution is 2.22. The summed E-state index contributed by atoms with van der Waals surface area (Å²) in [5.74, 6) is 0.865. The van der Waals surface area contributed by atoms with Crippen molar-refractivity contribution in [3.63, 3.8) is 0 Å². The minimum Gasteiger partial charge on any atom is -0.497 e. The third kappa shape index (κ3) is 2.36. The summed E-state index contributed by atoms with van der Waals surface area (Å²) in [5.41, 5.74) is 2.23. The Bertz CT molecular complexity index is 436. The Hall–Kier alpha value is -1.35. The summed E-state index contributed by atoms with van der Waals surface area (Å²) in [6.45, 7) is 0. The normalized spacial score (nSPS) is 10.0. The van der Waals surface area contributed by atoms with Crippen LogP contribution >= 0.6 is 15.9 Å². The van der Waals surface area contributed by atoms with Gasteiger partial charge in [0.1, 0.15) is 10.4 Å². The average Bonchev–Trinajstić information content (AvgIpc) is 2.30. The molecule has 1 aromatic heterocycles. The zero-order valence-electron chi connectivity index (χ0n) is 8.27. The molecule has 0 aliphatic carbocycles. The van der Waals surface area contributed by atoms with Crippen LogP contribution in [0.3, 0.4) is 0 Å². The summed E-state index contributed by atoms with van der Waals surface area (Å²) in [6, 6.07) is 11.9. The minimum absolute atomic E-state index is 0.847. The van der Waals surface area contributed by atoms with E-state index in [1.54, 1.807) is 7.11 Å². The highest BCUT2D eigenvalue weighted by Gasteiger charge is 1.98. The van der Waals surface area contributed by atoms with Crippen molar-refractivity contribution in [1.29, 1.82) is 0 Å². The highest BCUT2D eigenvalue weighted by molar-refractivity contribution is 9.10. The van der Waals surface area contributed by atoms with Crippen LogP contribution in [0, 0.1) is 0 Å². The first-order chi connectivity index (χ1) is 7.29. The van der Waals surface area contributed by atoms with Crippen molar-refractivity contribution in [3.05, 3.63) is 47.2 Å². The number of rotatable bonds is 2. The SMILES string of the molecule is COc1ccc(-c2ccc(Br)nc2)cc1. The van der Waals surface area contributed by atoms with Gasteiger partial charge in [-0.2, -0.15) is 0 Å². The zero-order valence-corrected chi connectivity index (χ0v) is 9.86. The Morgan fingerprint density at radius 2 is 1.67 bits per heavy atom. The molecule has 0 aliphatic heterocycles. The van der Waals surface area contributed by atoms with Gasteiger partial charge >= 0.3 is 0 Å². The average molecular weight is 264 g/mol. The van der Waals surface area contributed by atoms with Crippen molar-refractivity contribution in [2.75, 3.05) is 7.11 Å². The highest BCUT2D eigenvalue weighted by atomic mass is 79.9. The van der Waals surface area contributed by atoms with Crippen LogP contribution in [0.5, 0.6) is 5.75 Å². The van der Waals surface area contributed by atoms with E-state index in [9.17, 15) is 0 Å². The summed E-state index contributed by atoms with van der Waals surface area (Å²) < 4.78 is 5.95. The van der Waals surface area contributed by atoms with Gasteiger partial charge in [-0.05, 0) is 39.7 Å². The number of hydrogen-bond donors (Lipinski definition) is 0. The molecule has 0 aliphatic rings. The van der Waals surface area contributed by atoms with Crippen LogP contribution in [0.15, 0.2) is 47.2 Å². The maximum Gasteiger partial charge on any atom is 0.118 e. The van der Waals surface area contributed by atoms with Gasteiger partial charge in [0.05, 0.1) is 7.11 Å². The number of methoxy groups -OCH3 is 1. The molecular formula is C12H10BrNO. The third-order valence-electron chi connectivity index (χ3n) is 2.15. The molecular weight excluding hydrogens is 254 g/mol. The number of ether oxygens (including phenoxy) is 1. The molecule has 15 heavy (non-hydrogen) atoms. The fourth-order valence-corrected chi connectivity index (χ4v) is 1.56. The van der Waals surface area contributed by atoms with E-state index >= 15 is 0 Å². The molecule has 0 fully saturated rings. The second kappa shape index (κ2) is 4.45. The van der Waals surface area contributed by atoms with E-state index in [1.165, 1.54) is 0 Å². The van der Waals surface area contributed by atoms with Crippen LogP contribution in [0.25, 0.3) is 11.1 Å². The first-order valence-electron chi connectivity index (χ1n) is 4.55. The lowest BCUT2D eigenvalue weighted by molar-refractivity contribution is 0.415. The Balaban J connectivity index is 2.33. The lowest BCUT2D eigenvalue weighted by Crippen LogP contribution is -1.83. The molecule has 2 rings (SSSR count). The maximum atomic E-state index is 5.10. The topological polar surface area (TPSA) is 22.1 Å². The fraction of sp³-hybridized carbons (Fsp3) is 0.0833. The van der Waals surface area contributed by atoms with Gasteiger partial charge in [-0.1, -0.05) is 18.2 Å². The molecule has 0 N–H and O–H groups in total. The molecule has 3 heteroatoms. The molecule has 0 spiro atoms. The smallest absolute Gasteiger partial charge is 0.118 e. The van der Waals surface area contributed by atoms with Crippen LogP contribution in [0.1, 0.15) is 0 Å². The summed E-state index contributed by atoms with van der Waals surface area (Å²) in [6.07, 6.45) is 1.84. The molecule has 1 aromatic carbocycles. The van der Waals surface area contributed by atoms with Crippen molar-refractivity contribution in [3.8, 4) is 16.9 Å². The number of benzene rings is 1. The predicted octanol–water partition coefficient (Wildman–Crippen LogP) is 3.52. The molecule has 0 atom stereocenters. The quantitative estimate of drug-likeness (QED) is 0.774. The number of pyridine rings is 1. The van der Waals surface area contributed by atoms with Gasteiger partial charge in [-0.15, -0.1) is 0 Å². The van der Waals surface area contributed by atoms with Crippen LogP contribution in [-0.4, -0.2) is 12.1 Å². The first kappa shape index (κ1) is 10.2. The van der Waals surface area contributed by atoms with Crippen molar-refractivity contribution in [2.45, 2.75) is 0 Å². The number of halogens is 1. The number of nitrogens with zero attached hydrogens (tertiary/aromatic N) is 1. The van der Waals surface area contributed by atoms with Crippen molar-refractivity contribution in [1.82, 2.24) is 4.98 Å². The number of hydrogen-bond acceptors (Lipinski definition) is 2. The van der Waals surface area contributed by atoms with Crippen LogP contribution < -0.4 is 4.74 Å². The Morgan fingerprint density at radius 1 is 1.00 bits per heavy atom. The van der Waals surface area contributed by atoms with Gasteiger partial charge in [0.2, 0.25) is 0 Å². The van der Waals surface area contributed by atoms with Gasteiger partial charge in [0.15, 0.2) is 0 Å². The number of aromatic nitrogens is 1. The molecule has 2 aromatic rings. The summed E-state index contributed by atoms with van der Waals surface area (Å²) in [7, 11) is 1.66. The van der Waals surface area contributed by atoms with E-state index in [2.05, 4.69) is 20.9 Å². The lowest BCUT2D eigenvalue weighted by Gasteiger charge is -2.03. The molecule has 0 saturated carbocycles. The second-order valence-electron chi connectivity index (χ2n) is 3.10. The van der Waals surface area contributed by atoms with E-state index < -0.39 is 0 Å². The Morgan fingerprint density at radius 3 is 2.20 bits per heavy atom. The molecule has 0 radical (unpaired) electrons. The van der Waals surface area contributed by atoms with Crippen LogP contribution in [-0.2, 0) is 0 Å². The zero-order chi connectivity index (χ0) is 10.7. The van der Waals surface area contributed by atoms with Gasteiger partial charge < -0.3 is 4.74 Å². The molecule has 2 nitrogen and oxygen atoms in total. The molecule has 0 bridgehead atoms. The monoisotopic (exact) mass is 263 g/mol. The van der Waals surface area contributed by atoms with Crippen LogP contribution in [0.2, 0.25) is 0 Å².